The molecule has 4 heteroatoms. The molecule has 14 heavy (non-hydrogen) atoms. The van der Waals surface area contributed by atoms with Crippen molar-refractivity contribution in [3.05, 3.63) is 47.5 Å². The molecule has 0 saturated carbocycles. The van der Waals surface area contributed by atoms with Gasteiger partial charge in [-0.3, -0.25) is 0 Å². The van der Waals surface area contributed by atoms with Gasteiger partial charge < -0.3 is 9.73 Å². The van der Waals surface area contributed by atoms with Crippen LogP contribution in [0.1, 0.15) is 5.56 Å². The summed E-state index contributed by atoms with van der Waals surface area (Å²) in [6.45, 7) is 0.660. The summed E-state index contributed by atoms with van der Waals surface area (Å²) in [5.41, 5.74) is 1.06. The van der Waals surface area contributed by atoms with Crippen molar-refractivity contribution in [2.24, 2.45) is 0 Å². The van der Waals surface area contributed by atoms with Gasteiger partial charge in [-0.15, -0.1) is 0 Å². The fourth-order valence-electron chi connectivity index (χ4n) is 1.09. The molecule has 0 aliphatic rings. The van der Waals surface area contributed by atoms with Crippen LogP contribution in [0.2, 0.25) is 5.02 Å². The van der Waals surface area contributed by atoms with Gasteiger partial charge in [0.15, 0.2) is 0 Å². The lowest BCUT2D eigenvalue weighted by Gasteiger charge is -2.04. The Morgan fingerprint density at radius 3 is 3.07 bits per heavy atom. The van der Waals surface area contributed by atoms with Gasteiger partial charge >= 0.3 is 0 Å². The average Bonchev–Trinajstić information content (AvgIpc) is 2.69. The van der Waals surface area contributed by atoms with Gasteiger partial charge in [-0.05, 0) is 18.2 Å². The van der Waals surface area contributed by atoms with E-state index in [1.165, 1.54) is 0 Å². The Morgan fingerprint density at radius 2 is 2.36 bits per heavy atom. The number of pyridine rings is 1. The summed E-state index contributed by atoms with van der Waals surface area (Å²) in [6, 6.07) is 5.49. The smallest absolute Gasteiger partial charge is 0.145 e. The lowest BCUT2D eigenvalue weighted by molar-refractivity contribution is 0.564. The molecule has 2 rings (SSSR count). The first-order chi connectivity index (χ1) is 6.86. The molecule has 0 bridgehead atoms. The van der Waals surface area contributed by atoms with E-state index in [0.29, 0.717) is 17.4 Å². The van der Waals surface area contributed by atoms with Gasteiger partial charge in [-0.25, -0.2) is 4.98 Å². The molecule has 1 N–H and O–H groups in total. The van der Waals surface area contributed by atoms with Crippen molar-refractivity contribution in [2.75, 3.05) is 5.32 Å². The third-order valence-electron chi connectivity index (χ3n) is 1.80. The van der Waals surface area contributed by atoms with Gasteiger partial charge in [0.05, 0.1) is 17.5 Å². The molecule has 0 aliphatic heterocycles. The van der Waals surface area contributed by atoms with E-state index in [2.05, 4.69) is 10.3 Å². The van der Waals surface area contributed by atoms with Crippen molar-refractivity contribution in [1.82, 2.24) is 4.98 Å². The predicted molar refractivity (Wildman–Crippen MR) is 55.3 cm³/mol. The number of anilines is 1. The standard InChI is InChI=1S/C10H9ClN2O/c11-9-2-1-4-12-10(9)13-6-8-3-5-14-7-8/h1-5,7H,6H2,(H,12,13). The number of aromatic nitrogens is 1. The summed E-state index contributed by atoms with van der Waals surface area (Å²) in [7, 11) is 0. The van der Waals surface area contributed by atoms with Gasteiger partial charge in [0, 0.05) is 18.3 Å². The highest BCUT2D eigenvalue weighted by atomic mass is 35.5. The first-order valence-corrected chi connectivity index (χ1v) is 4.59. The van der Waals surface area contributed by atoms with Crippen LogP contribution in [0.25, 0.3) is 0 Å². The highest BCUT2D eigenvalue weighted by Gasteiger charge is 1.99. The maximum atomic E-state index is 5.92. The highest BCUT2D eigenvalue weighted by molar-refractivity contribution is 6.32. The maximum Gasteiger partial charge on any atom is 0.145 e. The van der Waals surface area contributed by atoms with E-state index in [0.717, 1.165) is 5.56 Å². The second kappa shape index (κ2) is 4.15. The number of furan rings is 1. The van der Waals surface area contributed by atoms with Crippen LogP contribution in [0.3, 0.4) is 0 Å². The monoisotopic (exact) mass is 208 g/mol. The highest BCUT2D eigenvalue weighted by Crippen LogP contribution is 2.18. The lowest BCUT2D eigenvalue weighted by Crippen LogP contribution is -2.00. The van der Waals surface area contributed by atoms with Crippen LogP contribution in [0, 0.1) is 0 Å². The Hall–Kier alpha value is -1.48. The molecule has 0 fully saturated rings. The Labute approximate surface area is 86.7 Å². The SMILES string of the molecule is Clc1cccnc1NCc1ccoc1. The molecule has 0 aliphatic carbocycles. The third-order valence-corrected chi connectivity index (χ3v) is 2.10. The van der Waals surface area contributed by atoms with Gasteiger partial charge in [0.25, 0.3) is 0 Å². The van der Waals surface area contributed by atoms with Gasteiger partial charge in [0.2, 0.25) is 0 Å². The molecule has 0 atom stereocenters. The Morgan fingerprint density at radius 1 is 1.43 bits per heavy atom. The number of nitrogens with zero attached hydrogens (tertiary/aromatic N) is 1. The van der Waals surface area contributed by atoms with E-state index in [-0.39, 0.29) is 0 Å². The van der Waals surface area contributed by atoms with Crippen molar-refractivity contribution in [1.29, 1.82) is 0 Å². The molecule has 0 spiro atoms. The van der Waals surface area contributed by atoms with Crippen LogP contribution in [0.4, 0.5) is 5.82 Å². The molecule has 0 aromatic carbocycles. The number of nitrogens with one attached hydrogen (secondary N) is 1. The van der Waals surface area contributed by atoms with Gasteiger partial charge in [-0.2, -0.15) is 0 Å². The summed E-state index contributed by atoms with van der Waals surface area (Å²) in [5, 5.41) is 3.73. The van der Waals surface area contributed by atoms with Crippen LogP contribution in [0.5, 0.6) is 0 Å². The largest absolute Gasteiger partial charge is 0.472 e. The topological polar surface area (TPSA) is 38.1 Å². The zero-order valence-corrected chi connectivity index (χ0v) is 8.16. The maximum absolute atomic E-state index is 5.92. The molecule has 0 saturated heterocycles. The van der Waals surface area contributed by atoms with Crippen molar-refractivity contribution in [3.63, 3.8) is 0 Å². The molecule has 3 nitrogen and oxygen atoms in total. The minimum atomic E-state index is 0.621. The van der Waals surface area contributed by atoms with Gasteiger partial charge in [0.1, 0.15) is 5.82 Å². The minimum Gasteiger partial charge on any atom is -0.472 e. The van der Waals surface area contributed by atoms with E-state index in [1.54, 1.807) is 30.9 Å². The Balaban J connectivity index is 2.02. The molecule has 0 unspecified atom stereocenters. The van der Waals surface area contributed by atoms with Crippen molar-refractivity contribution >= 4 is 17.4 Å². The summed E-state index contributed by atoms with van der Waals surface area (Å²) < 4.78 is 4.94. The normalized spacial score (nSPS) is 10.1. The van der Waals surface area contributed by atoms with Crippen LogP contribution < -0.4 is 5.32 Å². The number of hydrogen-bond acceptors (Lipinski definition) is 3. The molecule has 0 radical (unpaired) electrons. The van der Waals surface area contributed by atoms with E-state index >= 15 is 0 Å². The van der Waals surface area contributed by atoms with E-state index < -0.39 is 0 Å². The Bertz CT molecular complexity index is 400. The molecular weight excluding hydrogens is 200 g/mol. The van der Waals surface area contributed by atoms with E-state index in [1.807, 2.05) is 6.07 Å². The van der Waals surface area contributed by atoms with Gasteiger partial charge in [-0.1, -0.05) is 11.6 Å². The number of rotatable bonds is 3. The minimum absolute atomic E-state index is 0.621. The summed E-state index contributed by atoms with van der Waals surface area (Å²) in [6.07, 6.45) is 5.02. The second-order valence-corrected chi connectivity index (χ2v) is 3.23. The molecule has 2 heterocycles. The van der Waals surface area contributed by atoms with Crippen molar-refractivity contribution in [3.8, 4) is 0 Å². The Kier molecular flexibility index (Phi) is 2.70. The zero-order chi connectivity index (χ0) is 9.80. The first-order valence-electron chi connectivity index (χ1n) is 4.22. The summed E-state index contributed by atoms with van der Waals surface area (Å²) in [5.74, 6) is 0.690. The fourth-order valence-corrected chi connectivity index (χ4v) is 1.28. The summed E-state index contributed by atoms with van der Waals surface area (Å²) in [4.78, 5) is 4.10. The average molecular weight is 209 g/mol. The van der Waals surface area contributed by atoms with Crippen LogP contribution >= 0.6 is 11.6 Å². The second-order valence-electron chi connectivity index (χ2n) is 2.82. The van der Waals surface area contributed by atoms with Crippen LogP contribution in [-0.2, 0) is 6.54 Å². The molecule has 0 amide bonds. The third kappa shape index (κ3) is 2.06. The van der Waals surface area contributed by atoms with Crippen LogP contribution in [0.15, 0.2) is 41.3 Å². The van der Waals surface area contributed by atoms with Crippen molar-refractivity contribution < 1.29 is 4.42 Å². The molecular formula is C10H9ClN2O. The fraction of sp³-hybridized carbons (Fsp3) is 0.100. The van der Waals surface area contributed by atoms with E-state index in [9.17, 15) is 0 Å². The molecule has 72 valence electrons. The quantitative estimate of drug-likeness (QED) is 0.843. The van der Waals surface area contributed by atoms with Crippen molar-refractivity contribution in [2.45, 2.75) is 6.54 Å². The number of hydrogen-bond donors (Lipinski definition) is 1. The first kappa shape index (κ1) is 9.09. The predicted octanol–water partition coefficient (Wildman–Crippen LogP) is 2.94. The number of halogens is 1. The van der Waals surface area contributed by atoms with Crippen LogP contribution in [-0.4, -0.2) is 4.98 Å². The van der Waals surface area contributed by atoms with E-state index in [4.69, 9.17) is 16.0 Å². The summed E-state index contributed by atoms with van der Waals surface area (Å²) >= 11 is 5.92. The molecule has 2 aromatic heterocycles. The molecule has 2 aromatic rings. The lowest BCUT2D eigenvalue weighted by atomic mass is 10.3. The zero-order valence-electron chi connectivity index (χ0n) is 7.40.